The van der Waals surface area contributed by atoms with Gasteiger partial charge in [0.15, 0.2) is 11.6 Å². The van der Waals surface area contributed by atoms with Crippen LogP contribution in [0.3, 0.4) is 0 Å². The van der Waals surface area contributed by atoms with Crippen LogP contribution in [0.5, 0.6) is 0 Å². The van der Waals surface area contributed by atoms with E-state index < -0.39 is 11.6 Å². The molecule has 0 aliphatic carbocycles. The average molecular weight is 241 g/mol. The van der Waals surface area contributed by atoms with Gasteiger partial charge in [0.2, 0.25) is 0 Å². The van der Waals surface area contributed by atoms with E-state index in [0.717, 1.165) is 18.6 Å². The normalized spacial score (nSPS) is 12.6. The van der Waals surface area contributed by atoms with Gasteiger partial charge >= 0.3 is 0 Å². The predicted molar refractivity (Wildman–Crippen MR) is 62.7 cm³/mol. The second kappa shape index (κ2) is 5.75. The fraction of sp³-hybridized carbons (Fsp3) is 0.462. The third kappa shape index (κ3) is 4.13. The van der Waals surface area contributed by atoms with E-state index in [1.54, 1.807) is 0 Å². The summed E-state index contributed by atoms with van der Waals surface area (Å²) in [5, 5.41) is 2.75. The summed E-state index contributed by atoms with van der Waals surface area (Å²) in [6.45, 7) is 6.00. The molecule has 0 heterocycles. The van der Waals surface area contributed by atoms with Crippen molar-refractivity contribution in [2.75, 3.05) is 0 Å². The predicted octanol–water partition coefficient (Wildman–Crippen LogP) is 3.13. The van der Waals surface area contributed by atoms with Gasteiger partial charge in [-0.3, -0.25) is 4.79 Å². The minimum atomic E-state index is -1.01. The van der Waals surface area contributed by atoms with Crippen LogP contribution in [-0.4, -0.2) is 11.9 Å². The maximum absolute atomic E-state index is 12.9. The Morgan fingerprint density at radius 3 is 2.41 bits per heavy atom. The third-order valence-corrected chi connectivity index (χ3v) is 2.38. The molecular weight excluding hydrogens is 224 g/mol. The lowest BCUT2D eigenvalue weighted by Crippen LogP contribution is -2.33. The fourth-order valence-electron chi connectivity index (χ4n) is 1.71. The van der Waals surface area contributed by atoms with Crippen molar-refractivity contribution in [2.24, 2.45) is 5.92 Å². The lowest BCUT2D eigenvalue weighted by Gasteiger charge is -2.15. The van der Waals surface area contributed by atoms with Crippen molar-refractivity contribution in [2.45, 2.75) is 33.2 Å². The minimum Gasteiger partial charge on any atom is -0.350 e. The van der Waals surface area contributed by atoms with Gasteiger partial charge in [-0.05, 0) is 37.5 Å². The van der Waals surface area contributed by atoms with Crippen molar-refractivity contribution < 1.29 is 13.6 Å². The molecule has 0 fully saturated rings. The standard InChI is InChI=1S/C13H17F2NO/c1-8(2)6-9(3)16-13(17)10-4-5-11(14)12(15)7-10/h4-5,7-9H,6H2,1-3H3,(H,16,17)/t9-/m0/s1. The summed E-state index contributed by atoms with van der Waals surface area (Å²) in [7, 11) is 0. The van der Waals surface area contributed by atoms with E-state index in [1.807, 2.05) is 6.92 Å². The Morgan fingerprint density at radius 2 is 1.88 bits per heavy atom. The molecule has 1 aromatic rings. The smallest absolute Gasteiger partial charge is 0.251 e. The molecule has 1 N–H and O–H groups in total. The van der Waals surface area contributed by atoms with Crippen LogP contribution < -0.4 is 5.32 Å². The molecule has 0 unspecified atom stereocenters. The third-order valence-electron chi connectivity index (χ3n) is 2.38. The van der Waals surface area contributed by atoms with E-state index in [4.69, 9.17) is 0 Å². The molecule has 0 saturated heterocycles. The highest BCUT2D eigenvalue weighted by atomic mass is 19.2. The average Bonchev–Trinajstić information content (AvgIpc) is 2.20. The van der Waals surface area contributed by atoms with Crippen molar-refractivity contribution in [3.8, 4) is 0 Å². The first kappa shape index (κ1) is 13.6. The topological polar surface area (TPSA) is 29.1 Å². The SMILES string of the molecule is CC(C)C[C@H](C)NC(=O)c1ccc(F)c(F)c1. The number of hydrogen-bond donors (Lipinski definition) is 1. The number of rotatable bonds is 4. The van der Waals surface area contributed by atoms with Crippen LogP contribution in [0.2, 0.25) is 0 Å². The molecule has 1 atom stereocenters. The van der Waals surface area contributed by atoms with E-state index >= 15 is 0 Å². The van der Waals surface area contributed by atoms with E-state index in [2.05, 4.69) is 19.2 Å². The largest absolute Gasteiger partial charge is 0.350 e. The summed E-state index contributed by atoms with van der Waals surface area (Å²) in [5.74, 6) is -1.86. The van der Waals surface area contributed by atoms with Gasteiger partial charge in [0.25, 0.3) is 5.91 Å². The van der Waals surface area contributed by atoms with Gasteiger partial charge in [0.1, 0.15) is 0 Å². The Balaban J connectivity index is 2.66. The second-order valence-corrected chi connectivity index (χ2v) is 4.63. The highest BCUT2D eigenvalue weighted by Crippen LogP contribution is 2.10. The molecule has 17 heavy (non-hydrogen) atoms. The summed E-state index contributed by atoms with van der Waals surface area (Å²) in [6, 6.07) is 3.15. The summed E-state index contributed by atoms with van der Waals surface area (Å²) < 4.78 is 25.6. The molecule has 0 radical (unpaired) electrons. The van der Waals surface area contributed by atoms with E-state index in [9.17, 15) is 13.6 Å². The molecule has 0 saturated carbocycles. The second-order valence-electron chi connectivity index (χ2n) is 4.63. The number of hydrogen-bond acceptors (Lipinski definition) is 1. The van der Waals surface area contributed by atoms with Gasteiger partial charge in [-0.25, -0.2) is 8.78 Å². The number of nitrogens with one attached hydrogen (secondary N) is 1. The Morgan fingerprint density at radius 1 is 1.24 bits per heavy atom. The molecule has 4 heteroatoms. The molecule has 0 aliphatic heterocycles. The van der Waals surface area contributed by atoms with Gasteiger partial charge in [0.05, 0.1) is 0 Å². The fourth-order valence-corrected chi connectivity index (χ4v) is 1.71. The van der Waals surface area contributed by atoms with Crippen LogP contribution in [0.25, 0.3) is 0 Å². The molecule has 1 aromatic carbocycles. The van der Waals surface area contributed by atoms with Crippen molar-refractivity contribution in [1.29, 1.82) is 0 Å². The van der Waals surface area contributed by atoms with Crippen LogP contribution in [0.4, 0.5) is 8.78 Å². The van der Waals surface area contributed by atoms with Crippen LogP contribution in [-0.2, 0) is 0 Å². The van der Waals surface area contributed by atoms with Gasteiger partial charge < -0.3 is 5.32 Å². The summed E-state index contributed by atoms with van der Waals surface area (Å²) in [5.41, 5.74) is 0.138. The van der Waals surface area contributed by atoms with Gasteiger partial charge in [-0.2, -0.15) is 0 Å². The maximum atomic E-state index is 12.9. The maximum Gasteiger partial charge on any atom is 0.251 e. The Kier molecular flexibility index (Phi) is 4.61. The molecule has 0 aliphatic rings. The van der Waals surface area contributed by atoms with Crippen molar-refractivity contribution in [1.82, 2.24) is 5.32 Å². The zero-order valence-corrected chi connectivity index (χ0v) is 10.3. The van der Waals surface area contributed by atoms with Gasteiger partial charge in [-0.15, -0.1) is 0 Å². The Bertz CT molecular complexity index is 404. The highest BCUT2D eigenvalue weighted by Gasteiger charge is 2.12. The zero-order chi connectivity index (χ0) is 13.0. The van der Waals surface area contributed by atoms with E-state index in [0.29, 0.717) is 5.92 Å². The minimum absolute atomic E-state index is 0.00983. The Hall–Kier alpha value is -1.45. The quantitative estimate of drug-likeness (QED) is 0.862. The number of halogens is 2. The van der Waals surface area contributed by atoms with Crippen molar-refractivity contribution in [3.05, 3.63) is 35.4 Å². The zero-order valence-electron chi connectivity index (χ0n) is 10.3. The summed E-state index contributed by atoms with van der Waals surface area (Å²) in [4.78, 5) is 11.7. The first-order valence-electron chi connectivity index (χ1n) is 5.66. The molecule has 0 aromatic heterocycles. The molecule has 94 valence electrons. The number of carbonyl (C=O) groups is 1. The van der Waals surface area contributed by atoms with Gasteiger partial charge in [0, 0.05) is 11.6 Å². The highest BCUT2D eigenvalue weighted by molar-refractivity contribution is 5.94. The number of carbonyl (C=O) groups excluding carboxylic acids is 1. The van der Waals surface area contributed by atoms with Crippen molar-refractivity contribution >= 4 is 5.91 Å². The summed E-state index contributed by atoms with van der Waals surface area (Å²) >= 11 is 0. The molecule has 2 nitrogen and oxygen atoms in total. The van der Waals surface area contributed by atoms with Crippen LogP contribution in [0, 0.1) is 17.6 Å². The molecule has 1 rings (SSSR count). The van der Waals surface area contributed by atoms with Crippen molar-refractivity contribution in [3.63, 3.8) is 0 Å². The van der Waals surface area contributed by atoms with Crippen LogP contribution in [0.15, 0.2) is 18.2 Å². The van der Waals surface area contributed by atoms with Crippen LogP contribution in [0.1, 0.15) is 37.6 Å². The summed E-state index contributed by atoms with van der Waals surface area (Å²) in [6.07, 6.45) is 0.843. The number of benzene rings is 1. The lowest BCUT2D eigenvalue weighted by atomic mass is 10.0. The van der Waals surface area contributed by atoms with Crippen LogP contribution >= 0.6 is 0 Å². The Labute approximate surface area is 100 Å². The first-order valence-corrected chi connectivity index (χ1v) is 5.66. The molecular formula is C13H17F2NO. The monoisotopic (exact) mass is 241 g/mol. The van der Waals surface area contributed by atoms with Gasteiger partial charge in [-0.1, -0.05) is 13.8 Å². The lowest BCUT2D eigenvalue weighted by molar-refractivity contribution is 0.0935. The first-order chi connectivity index (χ1) is 7.90. The van der Waals surface area contributed by atoms with E-state index in [1.165, 1.54) is 6.07 Å². The number of amides is 1. The van der Waals surface area contributed by atoms with E-state index in [-0.39, 0.29) is 17.5 Å². The molecule has 0 spiro atoms. The molecule has 1 amide bonds. The molecule has 0 bridgehead atoms.